The third kappa shape index (κ3) is 2.21. The Bertz CT molecular complexity index is 345. The van der Waals surface area contributed by atoms with Crippen LogP contribution in [0.3, 0.4) is 0 Å². The predicted molar refractivity (Wildman–Crippen MR) is 66.8 cm³/mol. The van der Waals surface area contributed by atoms with Gasteiger partial charge in [0.05, 0.1) is 11.4 Å². The monoisotopic (exact) mass is 222 g/mol. The van der Waals surface area contributed by atoms with Gasteiger partial charge in [-0.15, -0.1) is 0 Å². The zero-order valence-corrected chi connectivity index (χ0v) is 10.5. The molecule has 4 nitrogen and oxygen atoms in total. The Morgan fingerprint density at radius 1 is 1.56 bits per heavy atom. The van der Waals surface area contributed by atoms with Gasteiger partial charge in [0.1, 0.15) is 0 Å². The van der Waals surface area contributed by atoms with E-state index in [0.29, 0.717) is 0 Å². The van der Waals surface area contributed by atoms with Crippen LogP contribution in [0.1, 0.15) is 19.0 Å². The Morgan fingerprint density at radius 3 is 3.06 bits per heavy atom. The number of aromatic nitrogens is 2. The first-order chi connectivity index (χ1) is 7.74. The Labute approximate surface area is 97.6 Å². The van der Waals surface area contributed by atoms with Gasteiger partial charge in [-0.25, -0.2) is 0 Å². The Kier molecular flexibility index (Phi) is 3.49. The third-order valence-corrected chi connectivity index (χ3v) is 3.34. The molecule has 4 heteroatoms. The van der Waals surface area contributed by atoms with Crippen LogP contribution in [0.15, 0.2) is 6.20 Å². The summed E-state index contributed by atoms with van der Waals surface area (Å²) in [6.45, 7) is 5.63. The minimum absolute atomic E-state index is 0.787. The number of anilines is 1. The number of hydrogen-bond acceptors (Lipinski definition) is 3. The summed E-state index contributed by atoms with van der Waals surface area (Å²) in [5, 5.41) is 7.77. The fourth-order valence-electron chi connectivity index (χ4n) is 2.54. The maximum atomic E-state index is 4.50. The van der Waals surface area contributed by atoms with Crippen LogP contribution in [-0.2, 0) is 13.5 Å². The first-order valence-electron chi connectivity index (χ1n) is 6.16. The molecule has 1 aromatic heterocycles. The van der Waals surface area contributed by atoms with Gasteiger partial charge in [0.25, 0.3) is 0 Å². The molecule has 2 rings (SSSR count). The van der Waals surface area contributed by atoms with E-state index in [2.05, 4.69) is 28.4 Å². The Balaban J connectivity index is 2.07. The standard InChI is InChI=1S/C12H22N4/c1-4-11-12(9-15(3)14-11)16-6-5-10(8-16)7-13-2/h9-10,13H,4-8H2,1-3H3. The summed E-state index contributed by atoms with van der Waals surface area (Å²) in [6, 6.07) is 0. The minimum atomic E-state index is 0.787. The third-order valence-electron chi connectivity index (χ3n) is 3.34. The van der Waals surface area contributed by atoms with Gasteiger partial charge in [0.15, 0.2) is 0 Å². The van der Waals surface area contributed by atoms with Gasteiger partial charge >= 0.3 is 0 Å². The van der Waals surface area contributed by atoms with E-state index >= 15 is 0 Å². The van der Waals surface area contributed by atoms with Gasteiger partial charge in [-0.1, -0.05) is 6.92 Å². The zero-order valence-electron chi connectivity index (χ0n) is 10.5. The first kappa shape index (κ1) is 11.5. The fourth-order valence-corrected chi connectivity index (χ4v) is 2.54. The zero-order chi connectivity index (χ0) is 11.5. The molecule has 1 fully saturated rings. The topological polar surface area (TPSA) is 33.1 Å². The molecule has 0 aliphatic carbocycles. The molecule has 90 valence electrons. The second kappa shape index (κ2) is 4.87. The highest BCUT2D eigenvalue weighted by Gasteiger charge is 2.24. The SMILES string of the molecule is CCc1nn(C)cc1N1CCC(CNC)C1. The average molecular weight is 222 g/mol. The van der Waals surface area contributed by atoms with Crippen LogP contribution in [0.4, 0.5) is 5.69 Å². The second-order valence-corrected chi connectivity index (χ2v) is 4.65. The summed E-state index contributed by atoms with van der Waals surface area (Å²) < 4.78 is 1.93. The van der Waals surface area contributed by atoms with Crippen molar-refractivity contribution in [2.45, 2.75) is 19.8 Å². The van der Waals surface area contributed by atoms with E-state index in [-0.39, 0.29) is 0 Å². The number of rotatable bonds is 4. The van der Waals surface area contributed by atoms with E-state index in [0.717, 1.165) is 18.9 Å². The second-order valence-electron chi connectivity index (χ2n) is 4.65. The van der Waals surface area contributed by atoms with E-state index in [1.807, 2.05) is 18.8 Å². The highest BCUT2D eigenvalue weighted by molar-refractivity contribution is 5.50. The molecule has 1 atom stereocenters. The van der Waals surface area contributed by atoms with E-state index < -0.39 is 0 Å². The molecule has 0 bridgehead atoms. The van der Waals surface area contributed by atoms with Gasteiger partial charge in [0.2, 0.25) is 0 Å². The summed E-state index contributed by atoms with van der Waals surface area (Å²) in [4.78, 5) is 2.48. The molecule has 1 aromatic rings. The smallest absolute Gasteiger partial charge is 0.0855 e. The molecule has 2 heterocycles. The van der Waals surface area contributed by atoms with Crippen LogP contribution in [0.5, 0.6) is 0 Å². The summed E-state index contributed by atoms with van der Waals surface area (Å²) >= 11 is 0. The molecule has 1 unspecified atom stereocenters. The summed E-state index contributed by atoms with van der Waals surface area (Å²) in [6.07, 6.45) is 4.46. The van der Waals surface area contributed by atoms with Gasteiger partial charge in [-0.05, 0) is 32.4 Å². The predicted octanol–water partition coefficient (Wildman–Crippen LogP) is 1.03. The summed E-state index contributed by atoms with van der Waals surface area (Å²) in [5.74, 6) is 0.787. The van der Waals surface area contributed by atoms with E-state index in [4.69, 9.17) is 0 Å². The van der Waals surface area contributed by atoms with Gasteiger partial charge < -0.3 is 10.2 Å². The molecule has 16 heavy (non-hydrogen) atoms. The lowest BCUT2D eigenvalue weighted by atomic mass is 10.1. The van der Waals surface area contributed by atoms with E-state index in [1.54, 1.807) is 0 Å². The molecule has 0 amide bonds. The van der Waals surface area contributed by atoms with Crippen molar-refractivity contribution in [3.05, 3.63) is 11.9 Å². The molecule has 1 aliphatic heterocycles. The van der Waals surface area contributed by atoms with Crippen LogP contribution >= 0.6 is 0 Å². The highest BCUT2D eigenvalue weighted by Crippen LogP contribution is 2.26. The minimum Gasteiger partial charge on any atom is -0.368 e. The number of nitrogens with zero attached hydrogens (tertiary/aromatic N) is 3. The highest BCUT2D eigenvalue weighted by atomic mass is 15.3. The molecule has 1 saturated heterocycles. The van der Waals surface area contributed by atoms with Crippen molar-refractivity contribution in [1.82, 2.24) is 15.1 Å². The van der Waals surface area contributed by atoms with Crippen molar-refractivity contribution in [1.29, 1.82) is 0 Å². The lowest BCUT2D eigenvalue weighted by Gasteiger charge is -2.17. The lowest BCUT2D eigenvalue weighted by Crippen LogP contribution is -2.24. The maximum absolute atomic E-state index is 4.50. The van der Waals surface area contributed by atoms with Crippen molar-refractivity contribution >= 4 is 5.69 Å². The Morgan fingerprint density at radius 2 is 2.38 bits per heavy atom. The van der Waals surface area contributed by atoms with Crippen molar-refractivity contribution in [3.8, 4) is 0 Å². The molecule has 0 radical (unpaired) electrons. The molecular weight excluding hydrogens is 200 g/mol. The van der Waals surface area contributed by atoms with Gasteiger partial charge in [-0.3, -0.25) is 4.68 Å². The fraction of sp³-hybridized carbons (Fsp3) is 0.750. The summed E-state index contributed by atoms with van der Waals surface area (Å²) in [7, 11) is 4.04. The van der Waals surface area contributed by atoms with Crippen molar-refractivity contribution in [3.63, 3.8) is 0 Å². The van der Waals surface area contributed by atoms with Crippen LogP contribution < -0.4 is 10.2 Å². The van der Waals surface area contributed by atoms with E-state index in [1.165, 1.54) is 30.9 Å². The van der Waals surface area contributed by atoms with Crippen molar-refractivity contribution in [2.75, 3.05) is 31.6 Å². The number of aryl methyl sites for hydroxylation is 2. The average Bonchev–Trinajstić information content (AvgIpc) is 2.85. The van der Waals surface area contributed by atoms with Gasteiger partial charge in [0, 0.05) is 26.3 Å². The molecular formula is C12H22N4. The van der Waals surface area contributed by atoms with Crippen molar-refractivity contribution in [2.24, 2.45) is 13.0 Å². The largest absolute Gasteiger partial charge is 0.368 e. The molecule has 1 N–H and O–H groups in total. The Hall–Kier alpha value is -1.03. The molecule has 0 aromatic carbocycles. The van der Waals surface area contributed by atoms with Gasteiger partial charge in [-0.2, -0.15) is 5.10 Å². The first-order valence-corrected chi connectivity index (χ1v) is 6.16. The van der Waals surface area contributed by atoms with Crippen molar-refractivity contribution < 1.29 is 0 Å². The normalized spacial score (nSPS) is 20.7. The van der Waals surface area contributed by atoms with E-state index in [9.17, 15) is 0 Å². The lowest BCUT2D eigenvalue weighted by molar-refractivity contribution is 0.549. The van der Waals surface area contributed by atoms with Crippen LogP contribution in [-0.4, -0.2) is 36.5 Å². The molecule has 1 aliphatic rings. The molecule has 0 spiro atoms. The molecule has 0 saturated carbocycles. The number of hydrogen-bond donors (Lipinski definition) is 1. The van der Waals surface area contributed by atoms with Crippen LogP contribution in [0.25, 0.3) is 0 Å². The van der Waals surface area contributed by atoms with Crippen LogP contribution in [0.2, 0.25) is 0 Å². The summed E-state index contributed by atoms with van der Waals surface area (Å²) in [5.41, 5.74) is 2.57. The number of nitrogens with one attached hydrogen (secondary N) is 1. The quantitative estimate of drug-likeness (QED) is 0.826. The van der Waals surface area contributed by atoms with Crippen LogP contribution in [0, 0.1) is 5.92 Å². The maximum Gasteiger partial charge on any atom is 0.0855 e.